The third kappa shape index (κ3) is 3.55. The molecule has 2 aliphatic rings. The maximum atomic E-state index is 12.9. The first kappa shape index (κ1) is 16.4. The smallest absolute Gasteiger partial charge is 0.245 e. The van der Waals surface area contributed by atoms with Gasteiger partial charge in [-0.15, -0.1) is 0 Å². The van der Waals surface area contributed by atoms with Crippen molar-refractivity contribution >= 4 is 17.7 Å². The first-order valence-electron chi connectivity index (χ1n) is 8.14. The molecule has 1 atom stereocenters. The number of fused-ring (bicyclic) bond motifs is 1. The van der Waals surface area contributed by atoms with Gasteiger partial charge in [0.15, 0.2) is 0 Å². The van der Waals surface area contributed by atoms with Gasteiger partial charge in [0.2, 0.25) is 17.7 Å². The van der Waals surface area contributed by atoms with Crippen molar-refractivity contribution in [3.8, 4) is 0 Å². The third-order valence-corrected chi connectivity index (χ3v) is 4.54. The molecule has 24 heavy (non-hydrogen) atoms. The topological polar surface area (TPSA) is 69.7 Å². The number of hydrogen-bond acceptors (Lipinski definition) is 3. The zero-order valence-electron chi connectivity index (χ0n) is 13.3. The highest BCUT2D eigenvalue weighted by molar-refractivity contribution is 5.95. The fourth-order valence-electron chi connectivity index (χ4n) is 3.17. The Bertz CT molecular complexity index is 647. The average molecular weight is 333 g/mol. The van der Waals surface area contributed by atoms with Crippen molar-refractivity contribution in [1.29, 1.82) is 0 Å². The van der Waals surface area contributed by atoms with Gasteiger partial charge >= 0.3 is 0 Å². The number of carbonyl (C=O) groups is 3. The summed E-state index contributed by atoms with van der Waals surface area (Å²) in [6.07, 6.45) is 1.74. The summed E-state index contributed by atoms with van der Waals surface area (Å²) in [6, 6.07) is 5.69. The van der Waals surface area contributed by atoms with Crippen LogP contribution in [0.4, 0.5) is 4.39 Å². The van der Waals surface area contributed by atoms with Gasteiger partial charge < -0.3 is 15.1 Å². The molecule has 2 fully saturated rings. The lowest BCUT2D eigenvalue weighted by Crippen LogP contribution is -2.66. The Morgan fingerprint density at radius 2 is 1.96 bits per heavy atom. The van der Waals surface area contributed by atoms with E-state index in [-0.39, 0.29) is 36.6 Å². The van der Waals surface area contributed by atoms with Crippen LogP contribution in [-0.4, -0.2) is 59.7 Å². The third-order valence-electron chi connectivity index (χ3n) is 4.54. The van der Waals surface area contributed by atoms with Crippen LogP contribution >= 0.6 is 0 Å². The van der Waals surface area contributed by atoms with Crippen LogP contribution in [0.2, 0.25) is 0 Å². The lowest BCUT2D eigenvalue weighted by molar-refractivity contribution is -0.152. The van der Waals surface area contributed by atoms with E-state index in [9.17, 15) is 18.8 Å². The Hall–Kier alpha value is -2.44. The minimum absolute atomic E-state index is 0.0115. The summed E-state index contributed by atoms with van der Waals surface area (Å²) in [7, 11) is 0. The van der Waals surface area contributed by atoms with Gasteiger partial charge in [-0.05, 0) is 30.5 Å². The van der Waals surface area contributed by atoms with E-state index in [1.807, 2.05) is 0 Å². The number of rotatable bonds is 4. The fraction of sp³-hybridized carbons (Fsp3) is 0.471. The first-order valence-corrected chi connectivity index (χ1v) is 8.14. The van der Waals surface area contributed by atoms with Crippen molar-refractivity contribution in [3.63, 3.8) is 0 Å². The molecule has 1 aromatic carbocycles. The van der Waals surface area contributed by atoms with Crippen molar-refractivity contribution in [3.05, 3.63) is 35.6 Å². The number of nitrogens with one attached hydrogen (secondary N) is 1. The van der Waals surface area contributed by atoms with E-state index in [0.717, 1.165) is 5.56 Å². The Balaban J connectivity index is 1.49. The minimum Gasteiger partial charge on any atom is -0.345 e. The first-order chi connectivity index (χ1) is 11.5. The van der Waals surface area contributed by atoms with E-state index in [2.05, 4.69) is 5.32 Å². The standard InChI is InChI=1S/C17H20FN3O3/c18-13-6-4-12(5-7-13)2-1-3-15(22)20-8-9-21-14(11-20)17(24)19-10-16(21)23/h4-7,14H,1-3,8-11H2,(H,19,24). The van der Waals surface area contributed by atoms with Gasteiger partial charge in [0.05, 0.1) is 13.1 Å². The molecular weight excluding hydrogens is 313 g/mol. The molecule has 1 unspecified atom stereocenters. The van der Waals surface area contributed by atoms with Crippen LogP contribution in [0, 0.1) is 5.82 Å². The van der Waals surface area contributed by atoms with Gasteiger partial charge in [-0.2, -0.15) is 0 Å². The SMILES string of the molecule is O=C1NCC(=O)N2CCN(C(=O)CCCc3ccc(F)cc3)CC12. The summed E-state index contributed by atoms with van der Waals surface area (Å²) in [4.78, 5) is 39.2. The second kappa shape index (κ2) is 6.98. The summed E-state index contributed by atoms with van der Waals surface area (Å²) in [5, 5.41) is 2.56. The van der Waals surface area contributed by atoms with Crippen molar-refractivity contribution in [2.75, 3.05) is 26.2 Å². The summed E-state index contributed by atoms with van der Waals surface area (Å²) >= 11 is 0. The van der Waals surface area contributed by atoms with Gasteiger partial charge in [-0.3, -0.25) is 14.4 Å². The second-order valence-electron chi connectivity index (χ2n) is 6.14. The molecule has 2 saturated heterocycles. The van der Waals surface area contributed by atoms with E-state index in [1.54, 1.807) is 21.9 Å². The van der Waals surface area contributed by atoms with Crippen LogP contribution in [0.25, 0.3) is 0 Å². The van der Waals surface area contributed by atoms with E-state index < -0.39 is 6.04 Å². The molecule has 2 aliphatic heterocycles. The molecular formula is C17H20FN3O3. The molecule has 2 heterocycles. The molecule has 1 N–H and O–H groups in total. The lowest BCUT2D eigenvalue weighted by Gasteiger charge is -2.42. The number of benzene rings is 1. The summed E-state index contributed by atoms with van der Waals surface area (Å²) in [5.41, 5.74) is 0.992. The largest absolute Gasteiger partial charge is 0.345 e. The normalized spacial score (nSPS) is 20.6. The van der Waals surface area contributed by atoms with E-state index >= 15 is 0 Å². The van der Waals surface area contributed by atoms with Crippen LogP contribution in [0.3, 0.4) is 0 Å². The summed E-state index contributed by atoms with van der Waals surface area (Å²) in [5.74, 6) is -0.572. The molecule has 3 amide bonds. The number of hydrogen-bond donors (Lipinski definition) is 1. The predicted molar refractivity (Wildman–Crippen MR) is 84.4 cm³/mol. The molecule has 128 valence electrons. The number of aryl methyl sites for hydroxylation is 1. The van der Waals surface area contributed by atoms with Gasteiger partial charge in [0.25, 0.3) is 0 Å². The minimum atomic E-state index is -0.568. The Labute approximate surface area is 139 Å². The fourth-order valence-corrected chi connectivity index (χ4v) is 3.17. The number of halogens is 1. The van der Waals surface area contributed by atoms with Crippen molar-refractivity contribution < 1.29 is 18.8 Å². The molecule has 1 aromatic rings. The van der Waals surface area contributed by atoms with Gasteiger partial charge in [0, 0.05) is 19.5 Å². The van der Waals surface area contributed by atoms with Crippen molar-refractivity contribution in [2.24, 2.45) is 0 Å². The van der Waals surface area contributed by atoms with E-state index in [1.165, 1.54) is 12.1 Å². The monoisotopic (exact) mass is 333 g/mol. The van der Waals surface area contributed by atoms with Crippen LogP contribution < -0.4 is 5.32 Å². The maximum Gasteiger partial charge on any atom is 0.245 e. The molecule has 0 aromatic heterocycles. The maximum absolute atomic E-state index is 12.9. The van der Waals surface area contributed by atoms with Crippen LogP contribution in [-0.2, 0) is 20.8 Å². The van der Waals surface area contributed by atoms with Crippen molar-refractivity contribution in [1.82, 2.24) is 15.1 Å². The zero-order chi connectivity index (χ0) is 17.1. The quantitative estimate of drug-likeness (QED) is 0.863. The van der Waals surface area contributed by atoms with Gasteiger partial charge in [0.1, 0.15) is 11.9 Å². The van der Waals surface area contributed by atoms with Gasteiger partial charge in [-0.25, -0.2) is 4.39 Å². The summed E-state index contributed by atoms with van der Waals surface area (Å²) in [6.45, 7) is 1.17. The molecule has 7 heteroatoms. The number of piperazine rings is 2. The molecule has 6 nitrogen and oxygen atoms in total. The Morgan fingerprint density at radius 3 is 2.71 bits per heavy atom. The molecule has 0 aliphatic carbocycles. The number of carbonyl (C=O) groups excluding carboxylic acids is 3. The average Bonchev–Trinajstić information content (AvgIpc) is 2.59. The highest BCUT2D eigenvalue weighted by Crippen LogP contribution is 2.15. The van der Waals surface area contributed by atoms with Crippen LogP contribution in [0.15, 0.2) is 24.3 Å². The summed E-state index contributed by atoms with van der Waals surface area (Å²) < 4.78 is 12.9. The van der Waals surface area contributed by atoms with E-state index in [0.29, 0.717) is 32.4 Å². The zero-order valence-corrected chi connectivity index (χ0v) is 13.3. The predicted octanol–water partition coefficient (Wildman–Crippen LogP) is 0.318. The number of amides is 3. The lowest BCUT2D eigenvalue weighted by atomic mass is 10.1. The van der Waals surface area contributed by atoms with Crippen LogP contribution in [0.1, 0.15) is 18.4 Å². The molecule has 0 bridgehead atoms. The Kier molecular flexibility index (Phi) is 4.78. The van der Waals surface area contributed by atoms with Crippen LogP contribution in [0.5, 0.6) is 0 Å². The second-order valence-corrected chi connectivity index (χ2v) is 6.14. The number of nitrogens with zero attached hydrogens (tertiary/aromatic N) is 2. The highest BCUT2D eigenvalue weighted by atomic mass is 19.1. The molecule has 0 radical (unpaired) electrons. The Morgan fingerprint density at radius 1 is 1.21 bits per heavy atom. The molecule has 0 spiro atoms. The molecule has 0 saturated carbocycles. The molecule has 3 rings (SSSR count). The van der Waals surface area contributed by atoms with Crippen molar-refractivity contribution in [2.45, 2.75) is 25.3 Å². The van der Waals surface area contributed by atoms with E-state index in [4.69, 9.17) is 0 Å². The van der Waals surface area contributed by atoms with Gasteiger partial charge in [-0.1, -0.05) is 12.1 Å². The highest BCUT2D eigenvalue weighted by Gasteiger charge is 2.39.